The van der Waals surface area contributed by atoms with Crippen molar-refractivity contribution in [2.45, 2.75) is 25.7 Å². The van der Waals surface area contributed by atoms with Gasteiger partial charge >= 0.3 is 11.9 Å². The average molecular weight is 1220 g/mol. The largest absolute Gasteiger partial charge is 0.463 e. The van der Waals surface area contributed by atoms with E-state index in [-0.39, 0.29) is 57.1 Å². The van der Waals surface area contributed by atoms with Crippen LogP contribution in [0.1, 0.15) is 34.3 Å². The molecule has 9 aromatic rings. The Labute approximate surface area is 503 Å². The van der Waals surface area contributed by atoms with Gasteiger partial charge in [-0.1, -0.05) is 54.6 Å². The molecule has 0 aliphatic carbocycles. The summed E-state index contributed by atoms with van der Waals surface area (Å²) in [5.74, 6) is -0.986. The molecule has 0 radical (unpaired) electrons. The molecule has 82 heavy (non-hydrogen) atoms. The van der Waals surface area contributed by atoms with Crippen LogP contribution in [0.25, 0.3) is 60.6 Å². The van der Waals surface area contributed by atoms with Crippen molar-refractivity contribution in [1.82, 2.24) is 10.2 Å². The topological polar surface area (TPSA) is 140 Å². The third-order valence-corrected chi connectivity index (χ3v) is 19.7. The van der Waals surface area contributed by atoms with E-state index in [1.54, 1.807) is 45.3 Å². The number of carbonyl (C=O) groups excluding carboxylic acids is 3. The van der Waals surface area contributed by atoms with E-state index in [0.717, 1.165) is 34.4 Å². The second-order valence-electron chi connectivity index (χ2n) is 18.8. The number of ether oxygens (including phenoxy) is 8. The first-order chi connectivity index (χ1) is 40.4. The summed E-state index contributed by atoms with van der Waals surface area (Å²) in [4.78, 5) is 51.3. The summed E-state index contributed by atoms with van der Waals surface area (Å²) in [6, 6.07) is 39.7. The predicted molar refractivity (Wildman–Crippen MR) is 336 cm³/mol. The van der Waals surface area contributed by atoms with Crippen LogP contribution in [0.5, 0.6) is 0 Å². The zero-order valence-electron chi connectivity index (χ0n) is 45.7. The van der Waals surface area contributed by atoms with Crippen LogP contribution in [-0.4, -0.2) is 141 Å². The number of hydrogen-bond donors (Lipinski definition) is 1. The highest BCUT2D eigenvalue weighted by molar-refractivity contribution is 7.26. The molecule has 0 aliphatic heterocycles. The Bertz CT molecular complexity index is 3150. The molecule has 0 bridgehead atoms. The molecule has 0 fully saturated rings. The molecule has 1 amide bonds. The summed E-state index contributed by atoms with van der Waals surface area (Å²) in [6.07, 6.45) is 1.83. The van der Waals surface area contributed by atoms with Gasteiger partial charge in [-0.05, 0) is 128 Å². The van der Waals surface area contributed by atoms with Crippen LogP contribution in [0.3, 0.4) is 0 Å². The number of benzene rings is 3. The highest BCUT2D eigenvalue weighted by Crippen LogP contribution is 2.43. The molecule has 6 heterocycles. The SMILES string of the molecule is O=C(CCN(CCNC(=O)c1ccc2cc3ccccc3cc2c1)CCC(=O)OCCOCCOCCOCCc1cc(-c2cccs2)sc1-c1cccs1)OCCOCCOCCOCCc1cc(-c2cccs2)sc1-c1cccs1. The third kappa shape index (κ3) is 19.3. The number of hydrogen-bond acceptors (Lipinski definition) is 18. The number of nitrogens with one attached hydrogen (secondary N) is 1. The van der Waals surface area contributed by atoms with Crippen molar-refractivity contribution in [1.29, 1.82) is 0 Å². The average Bonchev–Trinajstić information content (AvgIpc) is 4.18. The molecule has 0 spiro atoms. The van der Waals surface area contributed by atoms with Crippen molar-refractivity contribution in [3.05, 3.63) is 153 Å². The van der Waals surface area contributed by atoms with Gasteiger partial charge in [-0.15, -0.1) is 68.0 Å². The van der Waals surface area contributed by atoms with E-state index in [0.29, 0.717) is 97.8 Å². The van der Waals surface area contributed by atoms with E-state index in [2.05, 4.69) is 112 Å². The maximum atomic E-state index is 13.3. The van der Waals surface area contributed by atoms with E-state index >= 15 is 0 Å². The van der Waals surface area contributed by atoms with Crippen LogP contribution in [0.15, 0.2) is 137 Å². The van der Waals surface area contributed by atoms with Gasteiger partial charge < -0.3 is 48.1 Å². The number of esters is 2. The van der Waals surface area contributed by atoms with Crippen molar-refractivity contribution >= 4 is 107 Å². The van der Waals surface area contributed by atoms with Gasteiger partial charge in [0, 0.05) is 70.8 Å². The zero-order valence-corrected chi connectivity index (χ0v) is 50.6. The second-order valence-corrected chi connectivity index (χ2v) is 24.7. The first kappa shape index (κ1) is 61.1. The standard InChI is InChI=1S/C63H68N2O11S6/c66-59(75-35-33-73-31-29-71-27-25-69-23-17-49-44-57(53-9-3-37-77-53)81-61(49)55-11-5-39-79-55)15-20-65(22-19-64-63(68)51-14-13-48-41-46-7-1-2-8-47(46)42-52(48)43-51)21-16-60(67)76-36-34-74-32-30-72-28-26-70-24-18-50-45-58(54-10-4-38-78-54)82-62(50)56-12-6-40-80-56/h1-14,37-45H,15-36H2,(H,64,68). The number of thiophene rings is 6. The van der Waals surface area contributed by atoms with E-state index < -0.39 is 0 Å². The molecular weight excluding hydrogens is 1150 g/mol. The quantitative estimate of drug-likeness (QED) is 0.0224. The lowest BCUT2D eigenvalue weighted by Gasteiger charge is -2.22. The molecule has 3 aromatic carbocycles. The van der Waals surface area contributed by atoms with E-state index in [9.17, 15) is 14.4 Å². The Morgan fingerprint density at radius 2 is 0.805 bits per heavy atom. The van der Waals surface area contributed by atoms with Crippen LogP contribution < -0.4 is 5.32 Å². The lowest BCUT2D eigenvalue weighted by atomic mass is 10.0. The first-order valence-electron chi connectivity index (χ1n) is 27.6. The molecule has 1 N–H and O–H groups in total. The van der Waals surface area contributed by atoms with Gasteiger partial charge in [0.15, 0.2) is 0 Å². The summed E-state index contributed by atoms with van der Waals surface area (Å²) < 4.78 is 45.5. The Hall–Kier alpha value is -5.49. The van der Waals surface area contributed by atoms with Crippen LogP contribution in [0, 0.1) is 0 Å². The number of carbonyl (C=O) groups is 3. The van der Waals surface area contributed by atoms with Gasteiger partial charge in [-0.3, -0.25) is 14.4 Å². The van der Waals surface area contributed by atoms with Crippen molar-refractivity contribution in [3.8, 4) is 39.0 Å². The normalized spacial score (nSPS) is 11.6. The molecule has 6 aromatic heterocycles. The minimum Gasteiger partial charge on any atom is -0.463 e. The smallest absolute Gasteiger partial charge is 0.307 e. The zero-order chi connectivity index (χ0) is 56.4. The van der Waals surface area contributed by atoms with Crippen molar-refractivity contribution in [2.24, 2.45) is 0 Å². The minimum absolute atomic E-state index is 0.0906. The highest BCUT2D eigenvalue weighted by atomic mass is 32.1. The summed E-state index contributed by atoms with van der Waals surface area (Å²) >= 11 is 10.7. The van der Waals surface area contributed by atoms with Crippen LogP contribution in [0.4, 0.5) is 0 Å². The second kappa shape index (κ2) is 33.7. The Morgan fingerprint density at radius 1 is 0.390 bits per heavy atom. The summed E-state index contributed by atoms with van der Waals surface area (Å²) in [5.41, 5.74) is 3.15. The van der Waals surface area contributed by atoms with Gasteiger partial charge in [0.2, 0.25) is 0 Å². The van der Waals surface area contributed by atoms with E-state index in [1.807, 2.05) is 57.9 Å². The molecule has 19 heteroatoms. The number of fused-ring (bicyclic) bond motifs is 2. The molecule has 0 unspecified atom stereocenters. The fraction of sp³-hybridized carbons (Fsp3) is 0.349. The third-order valence-electron chi connectivity index (χ3n) is 13.1. The van der Waals surface area contributed by atoms with E-state index in [1.165, 1.54) is 50.1 Å². The minimum atomic E-state index is -0.389. The summed E-state index contributed by atoms with van der Waals surface area (Å²) in [5, 5.41) is 15.7. The first-order valence-corrected chi connectivity index (χ1v) is 32.7. The van der Waals surface area contributed by atoms with Gasteiger partial charge in [-0.2, -0.15) is 0 Å². The molecule has 13 nitrogen and oxygen atoms in total. The maximum Gasteiger partial charge on any atom is 0.307 e. The Kier molecular flexibility index (Phi) is 25.1. The lowest BCUT2D eigenvalue weighted by molar-refractivity contribution is -0.145. The summed E-state index contributed by atoms with van der Waals surface area (Å²) in [7, 11) is 0. The van der Waals surface area contributed by atoms with Crippen LogP contribution >= 0.6 is 68.0 Å². The highest BCUT2D eigenvalue weighted by Gasteiger charge is 2.18. The van der Waals surface area contributed by atoms with Gasteiger partial charge in [0.05, 0.1) is 92.1 Å². The molecule has 0 saturated heterocycles. The maximum absolute atomic E-state index is 13.3. The van der Waals surface area contributed by atoms with Crippen LogP contribution in [-0.2, 0) is 60.3 Å². The monoisotopic (exact) mass is 1220 g/mol. The molecule has 432 valence electrons. The van der Waals surface area contributed by atoms with Crippen LogP contribution in [0.2, 0.25) is 0 Å². The molecule has 0 atom stereocenters. The Morgan fingerprint density at radius 3 is 1.26 bits per heavy atom. The molecule has 0 saturated carbocycles. The molecule has 0 aliphatic rings. The number of rotatable bonds is 38. The summed E-state index contributed by atoms with van der Waals surface area (Å²) in [6.45, 7) is 6.59. The lowest BCUT2D eigenvalue weighted by Crippen LogP contribution is -2.37. The molecule has 9 rings (SSSR count). The predicted octanol–water partition coefficient (Wildman–Crippen LogP) is 13.5. The van der Waals surface area contributed by atoms with Gasteiger partial charge in [-0.25, -0.2) is 0 Å². The number of nitrogens with zero attached hydrogens (tertiary/aromatic N) is 1. The van der Waals surface area contributed by atoms with Gasteiger partial charge in [0.1, 0.15) is 13.2 Å². The fourth-order valence-electron chi connectivity index (χ4n) is 8.91. The van der Waals surface area contributed by atoms with Crippen molar-refractivity contribution < 1.29 is 52.3 Å². The van der Waals surface area contributed by atoms with E-state index in [4.69, 9.17) is 37.9 Å². The van der Waals surface area contributed by atoms with Crippen molar-refractivity contribution in [2.75, 3.05) is 119 Å². The number of amides is 1. The molecular formula is C63H68N2O11S6. The van der Waals surface area contributed by atoms with Crippen molar-refractivity contribution in [3.63, 3.8) is 0 Å². The fourth-order valence-corrected chi connectivity index (χ4v) is 14.8. The van der Waals surface area contributed by atoms with Gasteiger partial charge in [0.25, 0.3) is 5.91 Å². The Balaban J connectivity index is 0.623.